The second-order valence-electron chi connectivity index (χ2n) is 3.89. The summed E-state index contributed by atoms with van der Waals surface area (Å²) >= 11 is 0. The van der Waals surface area contributed by atoms with E-state index in [0.29, 0.717) is 0 Å². The molecule has 1 saturated heterocycles. The zero-order valence-electron chi connectivity index (χ0n) is 9.40. The van der Waals surface area contributed by atoms with Crippen molar-refractivity contribution in [3.8, 4) is 0 Å². The SMILES string of the molecule is CC(C)N1CC(CN=[N+]=[N-])OCCS1(=O)=O. The fourth-order valence-electron chi connectivity index (χ4n) is 1.57. The molecule has 1 rings (SSSR count). The predicted molar refractivity (Wildman–Crippen MR) is 59.4 cm³/mol. The molecule has 1 aliphatic heterocycles. The van der Waals surface area contributed by atoms with Gasteiger partial charge in [0.05, 0.1) is 25.0 Å². The van der Waals surface area contributed by atoms with Gasteiger partial charge in [0.25, 0.3) is 0 Å². The molecule has 0 spiro atoms. The van der Waals surface area contributed by atoms with Gasteiger partial charge in [-0.15, -0.1) is 0 Å². The highest BCUT2D eigenvalue weighted by Crippen LogP contribution is 2.14. The van der Waals surface area contributed by atoms with Gasteiger partial charge in [-0.05, 0) is 19.4 Å². The van der Waals surface area contributed by atoms with Gasteiger partial charge in [-0.2, -0.15) is 4.31 Å². The smallest absolute Gasteiger partial charge is 0.216 e. The second kappa shape index (κ2) is 5.49. The van der Waals surface area contributed by atoms with E-state index >= 15 is 0 Å². The van der Waals surface area contributed by atoms with Gasteiger partial charge in [0.2, 0.25) is 10.0 Å². The summed E-state index contributed by atoms with van der Waals surface area (Å²) in [5, 5.41) is 3.41. The van der Waals surface area contributed by atoms with Crippen molar-refractivity contribution in [2.45, 2.75) is 26.0 Å². The molecule has 1 aliphatic rings. The summed E-state index contributed by atoms with van der Waals surface area (Å²) in [6.45, 7) is 4.19. The monoisotopic (exact) mass is 248 g/mol. The van der Waals surface area contributed by atoms with E-state index in [-0.39, 0.29) is 37.6 Å². The molecule has 7 nitrogen and oxygen atoms in total. The van der Waals surface area contributed by atoms with Crippen LogP contribution in [0.2, 0.25) is 0 Å². The number of nitrogens with zero attached hydrogens (tertiary/aromatic N) is 4. The summed E-state index contributed by atoms with van der Waals surface area (Å²) in [4.78, 5) is 2.64. The minimum atomic E-state index is -3.24. The van der Waals surface area contributed by atoms with Crippen molar-refractivity contribution in [1.82, 2.24) is 4.31 Å². The summed E-state index contributed by atoms with van der Waals surface area (Å²) < 4.78 is 30.3. The van der Waals surface area contributed by atoms with Gasteiger partial charge in [-0.25, -0.2) is 8.42 Å². The number of azide groups is 1. The van der Waals surface area contributed by atoms with E-state index in [0.717, 1.165) is 0 Å². The minimum Gasteiger partial charge on any atom is -0.376 e. The van der Waals surface area contributed by atoms with Crippen LogP contribution in [0, 0.1) is 0 Å². The van der Waals surface area contributed by atoms with Crippen LogP contribution in [0.15, 0.2) is 5.11 Å². The van der Waals surface area contributed by atoms with Gasteiger partial charge in [-0.3, -0.25) is 0 Å². The highest BCUT2D eigenvalue weighted by Gasteiger charge is 2.30. The Balaban J connectivity index is 2.80. The molecule has 0 aromatic carbocycles. The zero-order chi connectivity index (χ0) is 12.2. The Bertz CT molecular complexity index is 375. The van der Waals surface area contributed by atoms with Gasteiger partial charge in [0.1, 0.15) is 0 Å². The molecule has 0 aliphatic carbocycles. The average Bonchev–Trinajstić information content (AvgIpc) is 2.33. The Morgan fingerprint density at radius 3 is 2.88 bits per heavy atom. The van der Waals surface area contributed by atoms with Crippen LogP contribution in [0.5, 0.6) is 0 Å². The molecule has 0 amide bonds. The second-order valence-corrected chi connectivity index (χ2v) is 5.93. The van der Waals surface area contributed by atoms with E-state index in [2.05, 4.69) is 10.0 Å². The summed E-state index contributed by atoms with van der Waals surface area (Å²) in [7, 11) is -3.24. The Kier molecular flexibility index (Phi) is 4.55. The third-order valence-electron chi connectivity index (χ3n) is 2.36. The fourth-order valence-corrected chi connectivity index (χ4v) is 3.15. The summed E-state index contributed by atoms with van der Waals surface area (Å²) in [5.41, 5.74) is 8.22. The maximum absolute atomic E-state index is 11.8. The molecule has 0 aromatic heterocycles. The molecule has 92 valence electrons. The van der Waals surface area contributed by atoms with E-state index in [1.807, 2.05) is 13.8 Å². The number of ether oxygens (including phenoxy) is 1. The molecule has 0 radical (unpaired) electrons. The lowest BCUT2D eigenvalue weighted by atomic mass is 10.3. The van der Waals surface area contributed by atoms with Crippen LogP contribution < -0.4 is 0 Å². The molecule has 0 N–H and O–H groups in total. The van der Waals surface area contributed by atoms with Crippen molar-refractivity contribution in [3.63, 3.8) is 0 Å². The van der Waals surface area contributed by atoms with Crippen molar-refractivity contribution >= 4 is 10.0 Å². The predicted octanol–water partition coefficient (Wildman–Crippen LogP) is 0.736. The Morgan fingerprint density at radius 1 is 1.62 bits per heavy atom. The topological polar surface area (TPSA) is 95.4 Å². The molecule has 8 heteroatoms. The van der Waals surface area contributed by atoms with Crippen LogP contribution in [-0.2, 0) is 14.8 Å². The first-order valence-corrected chi connectivity index (χ1v) is 6.70. The third kappa shape index (κ3) is 3.34. The molecule has 1 heterocycles. The molecule has 1 unspecified atom stereocenters. The van der Waals surface area contributed by atoms with Crippen LogP contribution in [0.25, 0.3) is 10.4 Å². The zero-order valence-corrected chi connectivity index (χ0v) is 10.2. The Labute approximate surface area is 95.1 Å². The molecule has 0 bridgehead atoms. The number of rotatable bonds is 3. The molecular weight excluding hydrogens is 232 g/mol. The first-order chi connectivity index (χ1) is 7.47. The minimum absolute atomic E-state index is 0.0159. The summed E-state index contributed by atoms with van der Waals surface area (Å²) in [6, 6.07) is -0.111. The van der Waals surface area contributed by atoms with Crippen LogP contribution in [-0.4, -0.2) is 50.3 Å². The van der Waals surface area contributed by atoms with Crippen LogP contribution in [0.3, 0.4) is 0 Å². The van der Waals surface area contributed by atoms with Gasteiger partial charge in [0, 0.05) is 17.5 Å². The molecule has 16 heavy (non-hydrogen) atoms. The first kappa shape index (κ1) is 13.2. The number of sulfonamides is 1. The van der Waals surface area contributed by atoms with Gasteiger partial charge >= 0.3 is 0 Å². The lowest BCUT2D eigenvalue weighted by Gasteiger charge is -2.25. The van der Waals surface area contributed by atoms with E-state index in [1.165, 1.54) is 4.31 Å². The normalized spacial score (nSPS) is 26.1. The molecule has 0 aromatic rings. The quantitative estimate of drug-likeness (QED) is 0.418. The van der Waals surface area contributed by atoms with Crippen LogP contribution >= 0.6 is 0 Å². The van der Waals surface area contributed by atoms with Gasteiger partial charge in [0.15, 0.2) is 0 Å². The van der Waals surface area contributed by atoms with Gasteiger partial charge < -0.3 is 4.74 Å². The van der Waals surface area contributed by atoms with E-state index in [9.17, 15) is 8.42 Å². The van der Waals surface area contributed by atoms with Crippen molar-refractivity contribution in [3.05, 3.63) is 10.4 Å². The van der Waals surface area contributed by atoms with Crippen molar-refractivity contribution in [1.29, 1.82) is 0 Å². The molecule has 1 atom stereocenters. The van der Waals surface area contributed by atoms with E-state index in [4.69, 9.17) is 10.3 Å². The van der Waals surface area contributed by atoms with Gasteiger partial charge in [-0.1, -0.05) is 5.11 Å². The standard InChI is InChI=1S/C8H16N4O3S/c1-7(2)12-6-8(5-10-11-9)15-3-4-16(12,13)14/h7-8H,3-6H2,1-2H3. The summed E-state index contributed by atoms with van der Waals surface area (Å²) in [6.07, 6.45) is -0.351. The van der Waals surface area contributed by atoms with Crippen LogP contribution in [0.4, 0.5) is 0 Å². The van der Waals surface area contributed by atoms with Crippen molar-refractivity contribution in [2.24, 2.45) is 5.11 Å². The molecule has 1 fully saturated rings. The number of hydrogen-bond acceptors (Lipinski definition) is 4. The number of hydrogen-bond donors (Lipinski definition) is 0. The lowest BCUT2D eigenvalue weighted by molar-refractivity contribution is 0.0619. The highest BCUT2D eigenvalue weighted by atomic mass is 32.2. The fraction of sp³-hybridized carbons (Fsp3) is 1.00. The lowest BCUT2D eigenvalue weighted by Crippen LogP contribution is -2.41. The Hall–Kier alpha value is -0.820. The largest absolute Gasteiger partial charge is 0.376 e. The van der Waals surface area contributed by atoms with E-state index < -0.39 is 10.0 Å². The third-order valence-corrected chi connectivity index (χ3v) is 4.33. The first-order valence-electron chi connectivity index (χ1n) is 5.09. The highest BCUT2D eigenvalue weighted by molar-refractivity contribution is 7.89. The van der Waals surface area contributed by atoms with Crippen molar-refractivity contribution in [2.75, 3.05) is 25.4 Å². The molecular formula is C8H16N4O3S. The maximum Gasteiger partial charge on any atom is 0.216 e. The van der Waals surface area contributed by atoms with E-state index in [1.54, 1.807) is 0 Å². The Morgan fingerprint density at radius 2 is 2.31 bits per heavy atom. The van der Waals surface area contributed by atoms with Crippen molar-refractivity contribution < 1.29 is 13.2 Å². The van der Waals surface area contributed by atoms with Crippen LogP contribution in [0.1, 0.15) is 13.8 Å². The maximum atomic E-state index is 11.8. The average molecular weight is 248 g/mol. The summed E-state index contributed by atoms with van der Waals surface area (Å²) in [5.74, 6) is -0.0159. The molecule has 0 saturated carbocycles.